The first kappa shape index (κ1) is 10.8. The van der Waals surface area contributed by atoms with Crippen LogP contribution in [-0.4, -0.2) is 17.4 Å². The molecular weight excluding hydrogens is 222 g/mol. The molecule has 66 valence electrons. The van der Waals surface area contributed by atoms with Crippen LogP contribution < -0.4 is 0 Å². The fourth-order valence-electron chi connectivity index (χ4n) is 0.324. The molecule has 0 aliphatic rings. The van der Waals surface area contributed by atoms with Crippen molar-refractivity contribution in [1.82, 2.24) is 0 Å². The standard InChI is InChI=1S/C6H9BrF2O2/c1-4(2)3-11-5(10)6(7,8)9/h4H,3H2,1-2H3. The SMILES string of the molecule is CC(C)COC(=O)C(F)(F)Br. The maximum absolute atomic E-state index is 12.0. The van der Waals surface area contributed by atoms with E-state index in [1.54, 1.807) is 13.8 Å². The van der Waals surface area contributed by atoms with Crippen LogP contribution in [0.1, 0.15) is 13.8 Å². The van der Waals surface area contributed by atoms with E-state index >= 15 is 0 Å². The summed E-state index contributed by atoms with van der Waals surface area (Å²) in [5, 5.41) is 0. The first-order chi connectivity index (χ1) is 4.84. The summed E-state index contributed by atoms with van der Waals surface area (Å²) in [5.41, 5.74) is 0. The number of rotatable bonds is 3. The van der Waals surface area contributed by atoms with Gasteiger partial charge in [0, 0.05) is 15.9 Å². The normalized spacial score (nSPS) is 11.8. The molecule has 0 atom stereocenters. The molecule has 0 aromatic carbocycles. The second-order valence-corrected chi connectivity index (χ2v) is 3.49. The number of alkyl halides is 3. The van der Waals surface area contributed by atoms with Gasteiger partial charge in [0.15, 0.2) is 0 Å². The van der Waals surface area contributed by atoms with Crippen LogP contribution in [0.25, 0.3) is 0 Å². The Bertz CT molecular complexity index is 142. The maximum Gasteiger partial charge on any atom is 0.395 e. The van der Waals surface area contributed by atoms with Crippen molar-refractivity contribution in [3.05, 3.63) is 0 Å². The van der Waals surface area contributed by atoms with Gasteiger partial charge in [0.25, 0.3) is 0 Å². The quantitative estimate of drug-likeness (QED) is 0.549. The third-order valence-corrected chi connectivity index (χ3v) is 1.10. The average Bonchev–Trinajstić information content (AvgIpc) is 1.80. The number of hydrogen-bond donors (Lipinski definition) is 0. The van der Waals surface area contributed by atoms with E-state index in [0.717, 1.165) is 0 Å². The topological polar surface area (TPSA) is 26.3 Å². The van der Waals surface area contributed by atoms with Gasteiger partial charge in [0.05, 0.1) is 6.61 Å². The van der Waals surface area contributed by atoms with Crippen molar-refractivity contribution < 1.29 is 18.3 Å². The van der Waals surface area contributed by atoms with Gasteiger partial charge in [-0.1, -0.05) is 13.8 Å². The molecule has 0 heterocycles. The van der Waals surface area contributed by atoms with Crippen LogP contribution in [0.4, 0.5) is 8.78 Å². The molecule has 11 heavy (non-hydrogen) atoms. The fourth-order valence-corrected chi connectivity index (χ4v) is 0.439. The largest absolute Gasteiger partial charge is 0.460 e. The molecule has 0 spiro atoms. The Morgan fingerprint density at radius 2 is 2.09 bits per heavy atom. The highest BCUT2D eigenvalue weighted by atomic mass is 79.9. The molecule has 0 amide bonds. The van der Waals surface area contributed by atoms with Gasteiger partial charge in [-0.05, 0) is 5.92 Å². The van der Waals surface area contributed by atoms with Crippen LogP contribution in [0, 0.1) is 5.92 Å². The highest BCUT2D eigenvalue weighted by molar-refractivity contribution is 9.10. The van der Waals surface area contributed by atoms with E-state index in [4.69, 9.17) is 0 Å². The molecule has 0 bridgehead atoms. The molecule has 0 aliphatic carbocycles. The van der Waals surface area contributed by atoms with Crippen LogP contribution in [-0.2, 0) is 9.53 Å². The number of carbonyl (C=O) groups excluding carboxylic acids is 1. The van der Waals surface area contributed by atoms with Crippen molar-refractivity contribution >= 4 is 21.9 Å². The van der Waals surface area contributed by atoms with E-state index in [1.807, 2.05) is 15.9 Å². The Hall–Kier alpha value is -0.190. The predicted octanol–water partition coefficient (Wildman–Crippen LogP) is 2.17. The molecule has 0 saturated heterocycles. The third-order valence-electron chi connectivity index (χ3n) is 0.779. The van der Waals surface area contributed by atoms with Crippen molar-refractivity contribution in [2.24, 2.45) is 5.92 Å². The predicted molar refractivity (Wildman–Crippen MR) is 39.7 cm³/mol. The van der Waals surface area contributed by atoms with Gasteiger partial charge in [0.2, 0.25) is 0 Å². The van der Waals surface area contributed by atoms with Gasteiger partial charge in [0.1, 0.15) is 0 Å². The molecule has 0 aromatic heterocycles. The first-order valence-corrected chi connectivity index (χ1v) is 3.87. The zero-order valence-electron chi connectivity index (χ0n) is 6.23. The molecule has 0 aromatic rings. The molecule has 5 heteroatoms. The van der Waals surface area contributed by atoms with Gasteiger partial charge in [-0.25, -0.2) is 4.79 Å². The van der Waals surface area contributed by atoms with Gasteiger partial charge in [-0.3, -0.25) is 0 Å². The monoisotopic (exact) mass is 230 g/mol. The highest BCUT2D eigenvalue weighted by Gasteiger charge is 2.36. The van der Waals surface area contributed by atoms with Crippen LogP contribution in [0.5, 0.6) is 0 Å². The van der Waals surface area contributed by atoms with Crippen LogP contribution in [0.3, 0.4) is 0 Å². The lowest BCUT2D eigenvalue weighted by Gasteiger charge is -2.09. The van der Waals surface area contributed by atoms with Gasteiger partial charge in [-0.2, -0.15) is 8.78 Å². The number of esters is 1. The molecular formula is C6H9BrF2O2. The van der Waals surface area contributed by atoms with Gasteiger partial charge >= 0.3 is 10.8 Å². The lowest BCUT2D eigenvalue weighted by atomic mass is 10.2. The number of hydrogen-bond acceptors (Lipinski definition) is 2. The third kappa shape index (κ3) is 5.12. The lowest BCUT2D eigenvalue weighted by Crippen LogP contribution is -2.25. The Kier molecular flexibility index (Phi) is 3.92. The summed E-state index contributed by atoms with van der Waals surface area (Å²) in [4.78, 5) is 6.80. The molecule has 0 radical (unpaired) electrons. The molecule has 2 nitrogen and oxygen atoms in total. The Morgan fingerprint density at radius 3 is 2.36 bits per heavy atom. The number of carbonyl (C=O) groups is 1. The zero-order valence-corrected chi connectivity index (χ0v) is 7.82. The minimum atomic E-state index is -3.55. The molecule has 0 N–H and O–H groups in total. The molecule has 0 saturated carbocycles. The molecule has 0 unspecified atom stereocenters. The second-order valence-electron chi connectivity index (χ2n) is 2.49. The minimum Gasteiger partial charge on any atom is -0.460 e. The molecule has 0 rings (SSSR count). The van der Waals surface area contributed by atoms with Crippen molar-refractivity contribution in [2.75, 3.05) is 6.61 Å². The van der Waals surface area contributed by atoms with E-state index in [1.165, 1.54) is 0 Å². The van der Waals surface area contributed by atoms with Crippen LogP contribution in [0.2, 0.25) is 0 Å². The van der Waals surface area contributed by atoms with Crippen LogP contribution >= 0.6 is 15.9 Å². The van der Waals surface area contributed by atoms with E-state index < -0.39 is 10.8 Å². The van der Waals surface area contributed by atoms with Crippen molar-refractivity contribution in [3.8, 4) is 0 Å². The summed E-state index contributed by atoms with van der Waals surface area (Å²) >= 11 is 1.89. The van der Waals surface area contributed by atoms with Crippen molar-refractivity contribution in [2.45, 2.75) is 18.7 Å². The van der Waals surface area contributed by atoms with E-state index in [0.29, 0.717) is 0 Å². The summed E-state index contributed by atoms with van der Waals surface area (Å²) in [6, 6.07) is 0. The summed E-state index contributed by atoms with van der Waals surface area (Å²) in [5.74, 6) is -1.47. The highest BCUT2D eigenvalue weighted by Crippen LogP contribution is 2.23. The Morgan fingerprint density at radius 1 is 1.64 bits per heavy atom. The summed E-state index contributed by atoms with van der Waals surface area (Å²) in [6.07, 6.45) is 0. The fraction of sp³-hybridized carbons (Fsp3) is 0.833. The summed E-state index contributed by atoms with van der Waals surface area (Å²) < 4.78 is 28.2. The summed E-state index contributed by atoms with van der Waals surface area (Å²) in [6.45, 7) is 3.54. The Labute approximate surface area is 72.0 Å². The van der Waals surface area contributed by atoms with E-state index in [9.17, 15) is 13.6 Å². The average molecular weight is 231 g/mol. The molecule has 0 aliphatic heterocycles. The maximum atomic E-state index is 12.0. The van der Waals surface area contributed by atoms with E-state index in [2.05, 4.69) is 4.74 Å². The van der Waals surface area contributed by atoms with Gasteiger partial charge < -0.3 is 4.74 Å². The minimum absolute atomic E-state index is 0.0139. The van der Waals surface area contributed by atoms with Gasteiger partial charge in [-0.15, -0.1) is 0 Å². The first-order valence-electron chi connectivity index (χ1n) is 3.08. The van der Waals surface area contributed by atoms with E-state index in [-0.39, 0.29) is 12.5 Å². The lowest BCUT2D eigenvalue weighted by molar-refractivity contribution is -0.160. The van der Waals surface area contributed by atoms with Crippen molar-refractivity contribution in [1.29, 1.82) is 0 Å². The summed E-state index contributed by atoms with van der Waals surface area (Å²) in [7, 11) is 0. The zero-order chi connectivity index (χ0) is 9.07. The van der Waals surface area contributed by atoms with Crippen LogP contribution in [0.15, 0.2) is 0 Å². The Balaban J connectivity index is 3.71. The second kappa shape index (κ2) is 3.99. The smallest absolute Gasteiger partial charge is 0.395 e. The van der Waals surface area contributed by atoms with Crippen molar-refractivity contribution in [3.63, 3.8) is 0 Å². The number of halogens is 3. The number of ether oxygens (including phenoxy) is 1. The molecule has 0 fully saturated rings.